The molecule has 0 unspecified atom stereocenters. The number of nitrogens with zero attached hydrogens (tertiary/aromatic N) is 2. The van der Waals surface area contributed by atoms with E-state index < -0.39 is 0 Å². The number of aromatic nitrogens is 2. The Hall–Kier alpha value is -3.55. The maximum Gasteiger partial charge on any atom is 0.141 e. The number of furan rings is 1. The average Bonchev–Trinajstić information content (AvgIpc) is 3.40. The van der Waals surface area contributed by atoms with Crippen molar-refractivity contribution in [3.05, 3.63) is 101 Å². The van der Waals surface area contributed by atoms with Crippen LogP contribution in [0.5, 0.6) is 5.75 Å². The second-order valence-electron chi connectivity index (χ2n) is 8.86. The molecule has 2 aromatic heterocycles. The van der Waals surface area contributed by atoms with Gasteiger partial charge in [0.05, 0.1) is 10.5 Å². The number of fused-ring (bicyclic) bond motifs is 1. The summed E-state index contributed by atoms with van der Waals surface area (Å²) >= 11 is 8.36. The van der Waals surface area contributed by atoms with E-state index in [-0.39, 0.29) is 12.4 Å². The molecule has 2 heterocycles. The summed E-state index contributed by atoms with van der Waals surface area (Å²) in [5.41, 5.74) is 3.26. The van der Waals surface area contributed by atoms with Gasteiger partial charge in [-0.1, -0.05) is 23.7 Å². The molecule has 3 aromatic carbocycles. The number of benzene rings is 3. The highest BCUT2D eigenvalue weighted by atomic mass is 35.5. The fraction of sp³-hybridized carbons (Fsp3) is 0.200. The van der Waals surface area contributed by atoms with Gasteiger partial charge in [0, 0.05) is 23.1 Å². The van der Waals surface area contributed by atoms with Crippen molar-refractivity contribution in [2.24, 2.45) is 0 Å². The molecule has 0 amide bonds. The highest BCUT2D eigenvalue weighted by molar-refractivity contribution is 7.98. The zero-order chi connectivity index (χ0) is 26.3. The van der Waals surface area contributed by atoms with Crippen LogP contribution in [-0.2, 0) is 13.0 Å². The molecule has 0 radical (unpaired) electrons. The van der Waals surface area contributed by atoms with Crippen LogP contribution in [0.4, 0.5) is 15.9 Å². The maximum atomic E-state index is 13.4. The summed E-state index contributed by atoms with van der Waals surface area (Å²) in [4.78, 5) is 8.89. The van der Waals surface area contributed by atoms with Crippen molar-refractivity contribution in [3.8, 4) is 17.1 Å². The van der Waals surface area contributed by atoms with E-state index in [1.54, 1.807) is 24.3 Å². The smallest absolute Gasteiger partial charge is 0.141 e. The number of halogens is 2. The molecule has 5 rings (SSSR count). The Balaban J connectivity index is 1.31. The topological polar surface area (TPSA) is 60.2 Å². The second kappa shape index (κ2) is 12.3. The van der Waals surface area contributed by atoms with Crippen LogP contribution in [0.15, 0.2) is 83.5 Å². The predicted octanol–water partition coefficient (Wildman–Crippen LogP) is 8.69. The van der Waals surface area contributed by atoms with Crippen LogP contribution < -0.4 is 10.1 Å². The third-order valence-electron chi connectivity index (χ3n) is 6.08. The molecular weight excluding hydrogens is 521 g/mol. The van der Waals surface area contributed by atoms with E-state index in [0.29, 0.717) is 16.6 Å². The lowest BCUT2D eigenvalue weighted by atomic mass is 10.1. The van der Waals surface area contributed by atoms with E-state index >= 15 is 0 Å². The first-order chi connectivity index (χ1) is 18.6. The van der Waals surface area contributed by atoms with Crippen molar-refractivity contribution in [1.29, 1.82) is 0 Å². The van der Waals surface area contributed by atoms with Crippen molar-refractivity contribution in [3.63, 3.8) is 0 Å². The number of nitrogens with one attached hydrogen (secondary N) is 1. The lowest BCUT2D eigenvalue weighted by Crippen LogP contribution is -1.98. The van der Waals surface area contributed by atoms with Crippen LogP contribution in [0.25, 0.3) is 22.2 Å². The Morgan fingerprint density at radius 2 is 1.92 bits per heavy atom. The fourth-order valence-corrected chi connectivity index (χ4v) is 4.87. The summed E-state index contributed by atoms with van der Waals surface area (Å²) in [6.45, 7) is 0.218. The highest BCUT2D eigenvalue weighted by Crippen LogP contribution is 2.33. The van der Waals surface area contributed by atoms with Crippen molar-refractivity contribution >= 4 is 45.8 Å². The SMILES string of the molecule is CSCCCCc1ccc(-c2ccc3ncnc(Nc4ccc(OCc5cccc(F)c5)c(Cl)c4)c3c2)o1. The van der Waals surface area contributed by atoms with Crippen LogP contribution in [0.3, 0.4) is 0 Å². The van der Waals surface area contributed by atoms with E-state index in [1.165, 1.54) is 30.6 Å². The van der Waals surface area contributed by atoms with Gasteiger partial charge >= 0.3 is 0 Å². The van der Waals surface area contributed by atoms with Crippen LogP contribution >= 0.6 is 23.4 Å². The molecule has 5 nitrogen and oxygen atoms in total. The van der Waals surface area contributed by atoms with Gasteiger partial charge in [-0.05, 0) is 91.1 Å². The second-order valence-corrected chi connectivity index (χ2v) is 10.3. The normalized spacial score (nSPS) is 11.1. The molecule has 0 saturated heterocycles. The molecule has 0 aliphatic rings. The molecule has 5 aromatic rings. The number of unbranched alkanes of at least 4 members (excludes halogenated alkanes) is 1. The van der Waals surface area contributed by atoms with Gasteiger partial charge in [0.15, 0.2) is 0 Å². The molecule has 0 aliphatic heterocycles. The average molecular weight is 548 g/mol. The zero-order valence-electron chi connectivity index (χ0n) is 20.9. The molecular formula is C30H27ClFN3O2S. The van der Waals surface area contributed by atoms with Crippen LogP contribution in [-0.4, -0.2) is 22.0 Å². The van der Waals surface area contributed by atoms with Gasteiger partial charge in [-0.3, -0.25) is 0 Å². The Bertz CT molecular complexity index is 1540. The Labute approximate surface area is 230 Å². The van der Waals surface area contributed by atoms with Crippen molar-refractivity contribution in [2.45, 2.75) is 25.9 Å². The third kappa shape index (κ3) is 6.47. The van der Waals surface area contributed by atoms with E-state index in [4.69, 9.17) is 20.8 Å². The number of thioether (sulfide) groups is 1. The predicted molar refractivity (Wildman–Crippen MR) is 154 cm³/mol. The van der Waals surface area contributed by atoms with Gasteiger partial charge in [0.25, 0.3) is 0 Å². The first-order valence-corrected chi connectivity index (χ1v) is 14.1. The van der Waals surface area contributed by atoms with E-state index in [1.807, 2.05) is 42.1 Å². The molecule has 38 heavy (non-hydrogen) atoms. The van der Waals surface area contributed by atoms with Crippen LogP contribution in [0.2, 0.25) is 5.02 Å². The quantitative estimate of drug-likeness (QED) is 0.167. The Morgan fingerprint density at radius 3 is 2.76 bits per heavy atom. The number of ether oxygens (including phenoxy) is 1. The number of hydrogen-bond acceptors (Lipinski definition) is 6. The van der Waals surface area contributed by atoms with Gasteiger partial charge in [0.1, 0.15) is 41.8 Å². The van der Waals surface area contributed by atoms with Gasteiger partial charge in [0.2, 0.25) is 0 Å². The number of aryl methyl sites for hydroxylation is 1. The first kappa shape index (κ1) is 26.1. The van der Waals surface area contributed by atoms with Gasteiger partial charge in [-0.2, -0.15) is 11.8 Å². The van der Waals surface area contributed by atoms with Crippen molar-refractivity contribution < 1.29 is 13.5 Å². The summed E-state index contributed by atoms with van der Waals surface area (Å²) < 4.78 is 25.3. The van der Waals surface area contributed by atoms with Crippen LogP contribution in [0.1, 0.15) is 24.2 Å². The minimum atomic E-state index is -0.300. The monoisotopic (exact) mass is 547 g/mol. The Kier molecular flexibility index (Phi) is 8.46. The molecule has 8 heteroatoms. The molecule has 1 N–H and O–H groups in total. The largest absolute Gasteiger partial charge is 0.487 e. The maximum absolute atomic E-state index is 13.4. The van der Waals surface area contributed by atoms with Gasteiger partial charge in [-0.15, -0.1) is 0 Å². The highest BCUT2D eigenvalue weighted by Gasteiger charge is 2.11. The summed E-state index contributed by atoms with van der Waals surface area (Å²) in [6, 6.07) is 21.8. The molecule has 0 fully saturated rings. The standard InChI is InChI=1S/C30H27ClFN3O2S/c1-38-14-3-2-7-24-10-13-28(37-24)21-8-11-27-25(16-21)30(34-19-33-27)35-23-9-12-29(26(31)17-23)36-18-20-5-4-6-22(32)15-20/h4-6,8-13,15-17,19H,2-3,7,14,18H2,1H3,(H,33,34,35). The molecule has 0 atom stereocenters. The summed E-state index contributed by atoms with van der Waals surface area (Å²) in [5.74, 6) is 3.86. The molecule has 0 saturated carbocycles. The number of rotatable bonds is 11. The van der Waals surface area contributed by atoms with Crippen LogP contribution in [0, 0.1) is 5.82 Å². The molecule has 194 valence electrons. The molecule has 0 aliphatic carbocycles. The minimum absolute atomic E-state index is 0.218. The minimum Gasteiger partial charge on any atom is -0.487 e. The summed E-state index contributed by atoms with van der Waals surface area (Å²) in [7, 11) is 0. The fourth-order valence-electron chi connectivity index (χ4n) is 4.14. The zero-order valence-corrected chi connectivity index (χ0v) is 22.5. The summed E-state index contributed by atoms with van der Waals surface area (Å²) in [6.07, 6.45) is 6.90. The van der Waals surface area contributed by atoms with E-state index in [0.717, 1.165) is 52.1 Å². The summed E-state index contributed by atoms with van der Waals surface area (Å²) in [5, 5.41) is 4.65. The molecule has 0 bridgehead atoms. The van der Waals surface area contributed by atoms with E-state index in [2.05, 4.69) is 27.6 Å². The van der Waals surface area contributed by atoms with Gasteiger partial charge < -0.3 is 14.5 Å². The lowest BCUT2D eigenvalue weighted by molar-refractivity contribution is 0.306. The number of hydrogen-bond donors (Lipinski definition) is 1. The first-order valence-electron chi connectivity index (χ1n) is 12.4. The van der Waals surface area contributed by atoms with Gasteiger partial charge in [-0.25, -0.2) is 14.4 Å². The van der Waals surface area contributed by atoms with Crippen molar-refractivity contribution in [2.75, 3.05) is 17.3 Å². The van der Waals surface area contributed by atoms with Crippen molar-refractivity contribution in [1.82, 2.24) is 9.97 Å². The lowest BCUT2D eigenvalue weighted by Gasteiger charge is -2.12. The number of anilines is 2. The third-order valence-corrected chi connectivity index (χ3v) is 7.07. The van der Waals surface area contributed by atoms with E-state index in [9.17, 15) is 4.39 Å². The molecule has 0 spiro atoms. The Morgan fingerprint density at radius 1 is 1.00 bits per heavy atom.